The molecule has 2 aliphatic rings. The van der Waals surface area contributed by atoms with Gasteiger partial charge in [0.15, 0.2) is 0 Å². The molecular formula is C68H56F2N2. The molecular weight excluding hydrogens is 883 g/mol. The van der Waals surface area contributed by atoms with Crippen LogP contribution < -0.4 is 9.80 Å². The normalized spacial score (nSPS) is 13.6. The van der Waals surface area contributed by atoms with E-state index in [-0.39, 0.29) is 11.6 Å². The second kappa shape index (κ2) is 16.8. The molecule has 0 spiro atoms. The fourth-order valence-electron chi connectivity index (χ4n) is 11.7. The van der Waals surface area contributed by atoms with Gasteiger partial charge in [-0.2, -0.15) is 0 Å². The Bertz CT molecular complexity index is 3450. The van der Waals surface area contributed by atoms with Crippen LogP contribution in [0.1, 0.15) is 72.2 Å². The summed E-state index contributed by atoms with van der Waals surface area (Å²) in [5.74, 6) is -0.590. The van der Waals surface area contributed by atoms with E-state index in [1.165, 1.54) is 45.5 Å². The molecule has 12 rings (SSSR count). The average molecular weight is 939 g/mol. The average Bonchev–Trinajstić information content (AvgIpc) is 3.73. The number of halogens is 2. The van der Waals surface area contributed by atoms with Gasteiger partial charge in [-0.05, 0) is 214 Å². The van der Waals surface area contributed by atoms with Crippen molar-refractivity contribution in [1.82, 2.24) is 0 Å². The van der Waals surface area contributed by atoms with Gasteiger partial charge in [0, 0.05) is 45.0 Å². The minimum Gasteiger partial charge on any atom is -0.310 e. The first-order valence-electron chi connectivity index (χ1n) is 25.0. The van der Waals surface area contributed by atoms with Crippen LogP contribution in [-0.4, -0.2) is 0 Å². The lowest BCUT2D eigenvalue weighted by Gasteiger charge is -2.28. The number of anilines is 6. The van der Waals surface area contributed by atoms with Gasteiger partial charge in [0.1, 0.15) is 11.6 Å². The second-order valence-electron chi connectivity index (χ2n) is 21.2. The van der Waals surface area contributed by atoms with Gasteiger partial charge < -0.3 is 9.80 Å². The molecule has 0 aromatic heterocycles. The van der Waals surface area contributed by atoms with Crippen molar-refractivity contribution >= 4 is 44.9 Å². The van der Waals surface area contributed by atoms with Gasteiger partial charge in [-0.1, -0.05) is 135 Å². The molecule has 2 nitrogen and oxygen atoms in total. The quantitative estimate of drug-likeness (QED) is 0.150. The third-order valence-electron chi connectivity index (χ3n) is 15.6. The van der Waals surface area contributed by atoms with E-state index in [1.807, 2.05) is 24.3 Å². The van der Waals surface area contributed by atoms with Crippen molar-refractivity contribution in [1.29, 1.82) is 0 Å². The molecule has 0 N–H and O–H groups in total. The van der Waals surface area contributed by atoms with Crippen molar-refractivity contribution in [3.63, 3.8) is 0 Å². The number of fused-ring (bicyclic) bond motifs is 7. The minimum absolute atomic E-state index is 0.295. The van der Waals surface area contributed by atoms with Crippen LogP contribution in [0.4, 0.5) is 42.9 Å². The van der Waals surface area contributed by atoms with E-state index in [2.05, 4.69) is 211 Å². The van der Waals surface area contributed by atoms with Crippen molar-refractivity contribution in [3.05, 3.63) is 250 Å². The van der Waals surface area contributed by atoms with E-state index in [9.17, 15) is 0 Å². The van der Waals surface area contributed by atoms with Gasteiger partial charge in [-0.15, -0.1) is 0 Å². The number of nitrogens with zero attached hydrogens (tertiary/aromatic N) is 2. The molecule has 0 atom stereocenters. The molecule has 352 valence electrons. The Hall–Kier alpha value is -8.08. The molecule has 0 saturated heterocycles. The molecule has 4 heteroatoms. The Balaban J connectivity index is 1.12. The maximum atomic E-state index is 15.8. The molecule has 0 fully saturated rings. The number of hydrogen-bond acceptors (Lipinski definition) is 2. The summed E-state index contributed by atoms with van der Waals surface area (Å²) >= 11 is 0. The lowest BCUT2D eigenvalue weighted by molar-refractivity contribution is 0.628. The van der Waals surface area contributed by atoms with Crippen LogP contribution in [0.25, 0.3) is 55.3 Å². The summed E-state index contributed by atoms with van der Waals surface area (Å²) in [4.78, 5) is 4.67. The van der Waals surface area contributed by atoms with E-state index in [1.54, 1.807) is 12.1 Å². The maximum Gasteiger partial charge on any atom is 0.123 e. The summed E-state index contributed by atoms with van der Waals surface area (Å²) in [6.07, 6.45) is 0. The highest BCUT2D eigenvalue weighted by atomic mass is 19.1. The third-order valence-corrected chi connectivity index (χ3v) is 15.6. The van der Waals surface area contributed by atoms with Gasteiger partial charge in [-0.25, -0.2) is 8.78 Å². The summed E-state index contributed by atoms with van der Waals surface area (Å²) in [6.45, 7) is 17.7. The number of aryl methyl sites for hydroxylation is 4. The molecule has 0 heterocycles. The van der Waals surface area contributed by atoms with Gasteiger partial charge >= 0.3 is 0 Å². The first kappa shape index (κ1) is 45.1. The standard InChI is InChI=1S/C68H56F2N2/c1-41-15-23-49(24-16-41)71(50-25-17-42(2)18-26-50)53-31-33-55-59(37-53)67(5,6)61-39-57-58(63(65(55)61)45-11-9-13-47(69)35-45)40-62-66(64(57)46-12-10-14-48(70)36-46)56-34-32-54(38-60(56)68(62,7)8)72(51-27-19-43(3)20-28-51)52-29-21-44(4)22-30-52/h9-40H,1-8H3. The Morgan fingerprint density at radius 1 is 0.306 bits per heavy atom. The highest BCUT2D eigenvalue weighted by molar-refractivity contribution is 6.17. The maximum absolute atomic E-state index is 15.8. The lowest BCUT2D eigenvalue weighted by atomic mass is 9.76. The van der Waals surface area contributed by atoms with Crippen molar-refractivity contribution in [2.24, 2.45) is 0 Å². The van der Waals surface area contributed by atoms with E-state index < -0.39 is 10.8 Å². The third kappa shape index (κ3) is 7.26. The molecule has 10 aromatic carbocycles. The highest BCUT2D eigenvalue weighted by Crippen LogP contribution is 2.61. The fraction of sp³-hybridized carbons (Fsp3) is 0.147. The second-order valence-corrected chi connectivity index (χ2v) is 21.2. The Kier molecular flexibility index (Phi) is 10.5. The van der Waals surface area contributed by atoms with Gasteiger partial charge in [0.25, 0.3) is 0 Å². The van der Waals surface area contributed by atoms with Gasteiger partial charge in [0.2, 0.25) is 0 Å². The molecule has 0 saturated carbocycles. The zero-order valence-electron chi connectivity index (χ0n) is 42.1. The van der Waals surface area contributed by atoms with Crippen molar-refractivity contribution in [3.8, 4) is 44.5 Å². The molecule has 72 heavy (non-hydrogen) atoms. The molecule has 10 aromatic rings. The SMILES string of the molecule is Cc1ccc(N(c2ccc(C)cc2)c2ccc3c(c2)C(C)(C)c2cc4c(-c5cccc(F)c5)c5c(cc4c(-c4cccc(F)c4)c2-3)C(C)(C)c2cc(N(c3ccc(C)cc3)c3ccc(C)cc3)ccc2-5)cc1. The van der Waals surface area contributed by atoms with Crippen LogP contribution >= 0.6 is 0 Å². The summed E-state index contributed by atoms with van der Waals surface area (Å²) in [5, 5.41) is 2.01. The first-order chi connectivity index (χ1) is 34.6. The minimum atomic E-state index is -0.483. The van der Waals surface area contributed by atoms with Crippen LogP contribution in [-0.2, 0) is 10.8 Å². The van der Waals surface area contributed by atoms with E-state index in [0.29, 0.717) is 0 Å². The smallest absolute Gasteiger partial charge is 0.123 e. The summed E-state index contributed by atoms with van der Waals surface area (Å²) in [7, 11) is 0. The van der Waals surface area contributed by atoms with Crippen LogP contribution in [0.2, 0.25) is 0 Å². The van der Waals surface area contributed by atoms with Crippen molar-refractivity contribution in [2.45, 2.75) is 66.2 Å². The zero-order valence-corrected chi connectivity index (χ0v) is 42.1. The highest BCUT2D eigenvalue weighted by Gasteiger charge is 2.42. The van der Waals surface area contributed by atoms with E-state index in [4.69, 9.17) is 0 Å². The van der Waals surface area contributed by atoms with Gasteiger partial charge in [0.05, 0.1) is 0 Å². The Morgan fingerprint density at radius 2 is 0.611 bits per heavy atom. The van der Waals surface area contributed by atoms with Crippen LogP contribution in [0.3, 0.4) is 0 Å². The lowest BCUT2D eigenvalue weighted by Crippen LogP contribution is -2.17. The topological polar surface area (TPSA) is 6.48 Å². The summed E-state index contributed by atoms with van der Waals surface area (Å²) < 4.78 is 31.6. The van der Waals surface area contributed by atoms with Crippen LogP contribution in [0.15, 0.2) is 194 Å². The number of hydrogen-bond donors (Lipinski definition) is 0. The number of benzene rings is 10. The Morgan fingerprint density at radius 3 is 0.917 bits per heavy atom. The molecule has 0 bridgehead atoms. The predicted octanol–water partition coefficient (Wildman–Crippen LogP) is 19.2. The van der Waals surface area contributed by atoms with Crippen molar-refractivity contribution in [2.75, 3.05) is 9.80 Å². The van der Waals surface area contributed by atoms with E-state index in [0.717, 1.165) is 101 Å². The molecule has 0 radical (unpaired) electrons. The molecule has 0 unspecified atom stereocenters. The zero-order chi connectivity index (χ0) is 49.8. The van der Waals surface area contributed by atoms with E-state index >= 15 is 8.78 Å². The summed E-state index contributed by atoms with van der Waals surface area (Å²) in [5.41, 5.74) is 23.0. The molecule has 0 amide bonds. The monoisotopic (exact) mass is 938 g/mol. The first-order valence-corrected chi connectivity index (χ1v) is 25.0. The molecule has 0 aliphatic heterocycles. The Labute approximate surface area is 422 Å². The predicted molar refractivity (Wildman–Crippen MR) is 298 cm³/mol. The number of rotatable bonds is 8. The summed E-state index contributed by atoms with van der Waals surface area (Å²) in [6, 6.07) is 67.4. The van der Waals surface area contributed by atoms with Crippen molar-refractivity contribution < 1.29 is 8.78 Å². The van der Waals surface area contributed by atoms with Gasteiger partial charge in [-0.3, -0.25) is 0 Å². The van der Waals surface area contributed by atoms with Crippen LogP contribution in [0.5, 0.6) is 0 Å². The fourth-order valence-corrected chi connectivity index (χ4v) is 11.7. The largest absolute Gasteiger partial charge is 0.310 e. The van der Waals surface area contributed by atoms with Crippen LogP contribution in [0, 0.1) is 39.3 Å². The molecule has 2 aliphatic carbocycles.